The molecule has 0 aromatic heterocycles. The summed E-state index contributed by atoms with van der Waals surface area (Å²) >= 11 is 0. The smallest absolute Gasteiger partial charge is 0.142 e. The van der Waals surface area contributed by atoms with Crippen LogP contribution in [0.25, 0.3) is 0 Å². The number of nitrogens with two attached hydrogens (primary N) is 1. The lowest BCUT2D eigenvalue weighted by Crippen LogP contribution is -2.21. The van der Waals surface area contributed by atoms with Gasteiger partial charge in [0.15, 0.2) is 0 Å². The van der Waals surface area contributed by atoms with Crippen LogP contribution in [0.15, 0.2) is 48.5 Å². The van der Waals surface area contributed by atoms with Crippen molar-refractivity contribution in [3.63, 3.8) is 0 Å². The van der Waals surface area contributed by atoms with Crippen LogP contribution in [0.1, 0.15) is 11.1 Å². The van der Waals surface area contributed by atoms with Crippen LogP contribution in [-0.2, 0) is 6.54 Å². The molecule has 0 fully saturated rings. The van der Waals surface area contributed by atoms with E-state index in [-0.39, 0.29) is 5.84 Å². The summed E-state index contributed by atoms with van der Waals surface area (Å²) in [6.07, 6.45) is 0. The predicted molar refractivity (Wildman–Crippen MR) is 82.6 cm³/mol. The van der Waals surface area contributed by atoms with E-state index in [0.29, 0.717) is 6.54 Å². The van der Waals surface area contributed by atoms with Crippen molar-refractivity contribution in [2.45, 2.75) is 6.54 Å². The molecule has 0 bridgehead atoms. The van der Waals surface area contributed by atoms with Crippen LogP contribution in [0, 0.1) is 5.41 Å². The molecule has 20 heavy (non-hydrogen) atoms. The molecule has 0 aliphatic heterocycles. The Bertz CT molecular complexity index is 610. The third-order valence-electron chi connectivity index (χ3n) is 3.21. The highest BCUT2D eigenvalue weighted by Crippen LogP contribution is 2.28. The van der Waals surface area contributed by atoms with Crippen molar-refractivity contribution >= 4 is 11.5 Å². The molecule has 0 amide bonds. The Hall–Kier alpha value is -2.49. The molecule has 2 rings (SSSR count). The molecule has 104 valence electrons. The van der Waals surface area contributed by atoms with Gasteiger partial charge in [-0.1, -0.05) is 36.4 Å². The molecule has 0 saturated carbocycles. The lowest BCUT2D eigenvalue weighted by atomic mass is 10.1. The third-order valence-corrected chi connectivity index (χ3v) is 3.21. The van der Waals surface area contributed by atoms with Crippen LogP contribution in [-0.4, -0.2) is 20.0 Å². The summed E-state index contributed by atoms with van der Waals surface area (Å²) in [4.78, 5) is 2.08. The van der Waals surface area contributed by atoms with Crippen LogP contribution in [0.3, 0.4) is 0 Å². The summed E-state index contributed by atoms with van der Waals surface area (Å²) in [5, 5.41) is 7.64. The first kappa shape index (κ1) is 13.9. The molecule has 3 N–H and O–H groups in total. The maximum absolute atomic E-state index is 7.64. The largest absolute Gasteiger partial charge is 0.495 e. The molecule has 0 spiro atoms. The molecular weight excluding hydrogens is 250 g/mol. The first-order valence-electron chi connectivity index (χ1n) is 6.40. The van der Waals surface area contributed by atoms with Gasteiger partial charge in [-0.3, -0.25) is 5.41 Å². The highest BCUT2D eigenvalue weighted by atomic mass is 16.5. The highest BCUT2D eigenvalue weighted by molar-refractivity contribution is 5.96. The summed E-state index contributed by atoms with van der Waals surface area (Å²) in [5.74, 6) is 0.921. The van der Waals surface area contributed by atoms with Crippen LogP contribution in [0.2, 0.25) is 0 Å². The van der Waals surface area contributed by atoms with Gasteiger partial charge < -0.3 is 15.4 Å². The first-order valence-corrected chi connectivity index (χ1v) is 6.40. The topological polar surface area (TPSA) is 62.3 Å². The molecule has 2 aromatic rings. The molecule has 0 aliphatic carbocycles. The Morgan fingerprint density at radius 1 is 1.15 bits per heavy atom. The average Bonchev–Trinajstić information content (AvgIpc) is 2.47. The number of anilines is 1. The van der Waals surface area contributed by atoms with Gasteiger partial charge in [-0.15, -0.1) is 0 Å². The fourth-order valence-corrected chi connectivity index (χ4v) is 2.21. The second-order valence-corrected chi connectivity index (χ2v) is 4.60. The van der Waals surface area contributed by atoms with Crippen molar-refractivity contribution in [2.24, 2.45) is 5.73 Å². The standard InChI is InChI=1S/C16H19N3O/c1-19(14-9-5-6-10-15(14)20-2)11-12-7-3-4-8-13(12)16(17)18/h3-10H,11H2,1-2H3,(H3,17,18). The van der Waals surface area contributed by atoms with E-state index in [9.17, 15) is 0 Å². The maximum atomic E-state index is 7.64. The summed E-state index contributed by atoms with van der Waals surface area (Å²) in [5.41, 5.74) is 8.43. The second kappa shape index (κ2) is 6.10. The van der Waals surface area contributed by atoms with Crippen molar-refractivity contribution in [3.05, 3.63) is 59.7 Å². The molecule has 4 nitrogen and oxygen atoms in total. The Balaban J connectivity index is 2.28. The first-order chi connectivity index (χ1) is 9.63. The SMILES string of the molecule is COc1ccccc1N(C)Cc1ccccc1C(=N)N. The van der Waals surface area contributed by atoms with E-state index >= 15 is 0 Å². The monoisotopic (exact) mass is 269 g/mol. The van der Waals surface area contributed by atoms with Crippen LogP contribution in [0.4, 0.5) is 5.69 Å². The Morgan fingerprint density at radius 2 is 1.80 bits per heavy atom. The fraction of sp³-hybridized carbons (Fsp3) is 0.188. The van der Waals surface area contributed by atoms with E-state index in [1.54, 1.807) is 7.11 Å². The van der Waals surface area contributed by atoms with Gasteiger partial charge in [0.05, 0.1) is 12.8 Å². The number of hydrogen-bond donors (Lipinski definition) is 2. The number of hydrogen-bond acceptors (Lipinski definition) is 3. The molecular formula is C16H19N3O. The molecule has 0 saturated heterocycles. The van der Waals surface area contributed by atoms with Gasteiger partial charge in [0.1, 0.15) is 11.6 Å². The number of ether oxygens (including phenoxy) is 1. The number of benzene rings is 2. The molecule has 0 radical (unpaired) electrons. The molecule has 0 heterocycles. The zero-order valence-corrected chi connectivity index (χ0v) is 11.8. The summed E-state index contributed by atoms with van der Waals surface area (Å²) in [7, 11) is 3.66. The minimum Gasteiger partial charge on any atom is -0.495 e. The zero-order valence-electron chi connectivity index (χ0n) is 11.8. The fourth-order valence-electron chi connectivity index (χ4n) is 2.21. The Labute approximate surface area is 119 Å². The third kappa shape index (κ3) is 2.91. The Kier molecular flexibility index (Phi) is 4.25. The normalized spacial score (nSPS) is 10.1. The minimum atomic E-state index is 0.0917. The molecule has 0 aliphatic rings. The zero-order chi connectivity index (χ0) is 14.5. The summed E-state index contributed by atoms with van der Waals surface area (Å²) in [6.45, 7) is 0.663. The van der Waals surface area contributed by atoms with E-state index in [2.05, 4.69) is 4.90 Å². The number of amidine groups is 1. The van der Waals surface area contributed by atoms with Crippen molar-refractivity contribution in [1.82, 2.24) is 0 Å². The van der Waals surface area contributed by atoms with Crippen LogP contribution < -0.4 is 15.4 Å². The van der Waals surface area contributed by atoms with E-state index in [0.717, 1.165) is 22.6 Å². The summed E-state index contributed by atoms with van der Waals surface area (Å²) in [6, 6.07) is 15.6. The number of nitrogens with one attached hydrogen (secondary N) is 1. The second-order valence-electron chi connectivity index (χ2n) is 4.60. The molecule has 4 heteroatoms. The van der Waals surface area contributed by atoms with Gasteiger partial charge in [-0.25, -0.2) is 0 Å². The lowest BCUT2D eigenvalue weighted by Gasteiger charge is -2.22. The van der Waals surface area contributed by atoms with Crippen LogP contribution >= 0.6 is 0 Å². The summed E-state index contributed by atoms with van der Waals surface area (Å²) < 4.78 is 5.37. The van der Waals surface area contributed by atoms with Gasteiger partial charge in [-0.2, -0.15) is 0 Å². The number of nitrogens with zero attached hydrogens (tertiary/aromatic N) is 1. The number of nitrogen functional groups attached to an aromatic ring is 1. The highest BCUT2D eigenvalue weighted by Gasteiger charge is 2.11. The molecule has 2 aromatic carbocycles. The quantitative estimate of drug-likeness (QED) is 0.648. The van der Waals surface area contributed by atoms with Crippen molar-refractivity contribution in [1.29, 1.82) is 5.41 Å². The molecule has 0 unspecified atom stereocenters. The van der Waals surface area contributed by atoms with Crippen molar-refractivity contribution in [2.75, 3.05) is 19.1 Å². The van der Waals surface area contributed by atoms with E-state index in [1.807, 2.05) is 55.6 Å². The van der Waals surface area contributed by atoms with Gasteiger partial charge in [0.25, 0.3) is 0 Å². The lowest BCUT2D eigenvalue weighted by molar-refractivity contribution is 0.415. The number of methoxy groups -OCH3 is 1. The van der Waals surface area contributed by atoms with Crippen LogP contribution in [0.5, 0.6) is 5.75 Å². The van der Waals surface area contributed by atoms with E-state index in [4.69, 9.17) is 15.9 Å². The average molecular weight is 269 g/mol. The molecule has 0 atom stereocenters. The number of rotatable bonds is 5. The Morgan fingerprint density at radius 3 is 2.50 bits per heavy atom. The maximum Gasteiger partial charge on any atom is 0.142 e. The van der Waals surface area contributed by atoms with Gasteiger partial charge in [0.2, 0.25) is 0 Å². The van der Waals surface area contributed by atoms with E-state index in [1.165, 1.54) is 0 Å². The van der Waals surface area contributed by atoms with Gasteiger partial charge in [-0.05, 0) is 17.7 Å². The number of para-hydroxylation sites is 2. The van der Waals surface area contributed by atoms with Crippen molar-refractivity contribution < 1.29 is 4.74 Å². The predicted octanol–water partition coefficient (Wildman–Crippen LogP) is 2.62. The van der Waals surface area contributed by atoms with E-state index < -0.39 is 0 Å². The minimum absolute atomic E-state index is 0.0917. The van der Waals surface area contributed by atoms with Gasteiger partial charge >= 0.3 is 0 Å². The van der Waals surface area contributed by atoms with Crippen molar-refractivity contribution in [3.8, 4) is 5.75 Å². The van der Waals surface area contributed by atoms with Gasteiger partial charge in [0, 0.05) is 19.2 Å².